The van der Waals surface area contributed by atoms with E-state index < -0.39 is 0 Å². The van der Waals surface area contributed by atoms with Crippen molar-refractivity contribution in [3.05, 3.63) is 35.5 Å². The van der Waals surface area contributed by atoms with E-state index in [0.29, 0.717) is 18.6 Å². The maximum absolute atomic E-state index is 13.6. The van der Waals surface area contributed by atoms with Crippen LogP contribution in [0, 0.1) is 11.3 Å². The van der Waals surface area contributed by atoms with E-state index in [0.717, 1.165) is 69.1 Å². The highest BCUT2D eigenvalue weighted by Crippen LogP contribution is 2.31. The molecule has 1 amide bonds. The van der Waals surface area contributed by atoms with Gasteiger partial charge in [0.05, 0.1) is 24.3 Å². The Morgan fingerprint density at radius 3 is 2.79 bits per heavy atom. The number of fused-ring (bicyclic) bond motifs is 1. The molecule has 7 nitrogen and oxygen atoms in total. The molecule has 1 unspecified atom stereocenters. The van der Waals surface area contributed by atoms with Crippen molar-refractivity contribution >= 4 is 22.8 Å². The summed E-state index contributed by atoms with van der Waals surface area (Å²) in [4.78, 5) is 29.9. The molecule has 0 bridgehead atoms. The average Bonchev–Trinajstić information content (AvgIpc) is 3.62. The Bertz CT molecular complexity index is 1100. The normalized spacial score (nSPS) is 25.6. The van der Waals surface area contributed by atoms with Crippen molar-refractivity contribution in [3.63, 3.8) is 0 Å². The van der Waals surface area contributed by atoms with Crippen LogP contribution in [-0.2, 0) is 27.3 Å². The smallest absolute Gasteiger partial charge is 0.323 e. The van der Waals surface area contributed by atoms with Crippen LogP contribution in [0.2, 0.25) is 0 Å². The monoisotopic (exact) mass is 448 g/mol. The zero-order valence-electron chi connectivity index (χ0n) is 19.3. The lowest BCUT2D eigenvalue weighted by Gasteiger charge is -2.33. The first-order valence-electron chi connectivity index (χ1n) is 12.4. The SMILES string of the molecule is CCn1c(CC[C@@H]2CCCN2C(=O)[C@H]2CCCN2C2CCOC2=O)cc2ccc(C#N)cc21. The summed E-state index contributed by atoms with van der Waals surface area (Å²) in [6.07, 6.45) is 6.40. The number of esters is 1. The molecule has 0 spiro atoms. The highest BCUT2D eigenvalue weighted by atomic mass is 16.5. The predicted molar refractivity (Wildman–Crippen MR) is 124 cm³/mol. The van der Waals surface area contributed by atoms with Gasteiger partial charge in [0.15, 0.2) is 0 Å². The van der Waals surface area contributed by atoms with Gasteiger partial charge in [0.1, 0.15) is 6.04 Å². The Balaban J connectivity index is 1.29. The maximum atomic E-state index is 13.6. The lowest BCUT2D eigenvalue weighted by molar-refractivity contribution is -0.145. The van der Waals surface area contributed by atoms with E-state index in [1.54, 1.807) is 0 Å². The number of benzene rings is 1. The van der Waals surface area contributed by atoms with Crippen LogP contribution < -0.4 is 0 Å². The van der Waals surface area contributed by atoms with Gasteiger partial charge in [0.25, 0.3) is 0 Å². The molecular formula is C26H32N4O3. The van der Waals surface area contributed by atoms with E-state index in [2.05, 4.69) is 33.4 Å². The highest BCUT2D eigenvalue weighted by molar-refractivity contribution is 5.85. The van der Waals surface area contributed by atoms with Gasteiger partial charge in [0, 0.05) is 36.8 Å². The largest absolute Gasteiger partial charge is 0.464 e. The summed E-state index contributed by atoms with van der Waals surface area (Å²) < 4.78 is 7.47. The van der Waals surface area contributed by atoms with Gasteiger partial charge >= 0.3 is 5.97 Å². The van der Waals surface area contributed by atoms with E-state index in [1.807, 2.05) is 18.2 Å². The van der Waals surface area contributed by atoms with Crippen LogP contribution in [0.5, 0.6) is 0 Å². The Morgan fingerprint density at radius 1 is 1.18 bits per heavy atom. The molecule has 0 radical (unpaired) electrons. The summed E-state index contributed by atoms with van der Waals surface area (Å²) in [6.45, 7) is 5.07. The van der Waals surface area contributed by atoms with Gasteiger partial charge in [-0.2, -0.15) is 5.26 Å². The number of likely N-dealkylation sites (tertiary alicyclic amines) is 2. The molecule has 174 valence electrons. The number of cyclic esters (lactones) is 1. The van der Waals surface area contributed by atoms with E-state index in [9.17, 15) is 14.9 Å². The molecule has 3 fully saturated rings. The van der Waals surface area contributed by atoms with Gasteiger partial charge in [-0.3, -0.25) is 14.5 Å². The van der Waals surface area contributed by atoms with Crippen LogP contribution in [0.4, 0.5) is 0 Å². The molecule has 1 aromatic heterocycles. The summed E-state index contributed by atoms with van der Waals surface area (Å²) in [7, 11) is 0. The van der Waals surface area contributed by atoms with Crippen molar-refractivity contribution in [2.75, 3.05) is 19.7 Å². The van der Waals surface area contributed by atoms with E-state index in [1.165, 1.54) is 5.69 Å². The molecule has 3 aliphatic heterocycles. The Morgan fingerprint density at radius 2 is 2.03 bits per heavy atom. The molecule has 0 saturated carbocycles. The standard InChI is InChI=1S/C26H32N4O3/c1-2-28-21(16-19-8-7-18(17-27)15-24(19)28)10-9-20-5-3-12-29(20)25(31)22-6-4-13-30(22)23-11-14-33-26(23)32/h7-8,15-16,20,22-23H,2-6,9-14H2,1H3/t20-,22+,23?/m0/s1. The predicted octanol–water partition coefficient (Wildman–Crippen LogP) is 3.24. The quantitative estimate of drug-likeness (QED) is 0.634. The van der Waals surface area contributed by atoms with Crippen molar-refractivity contribution in [1.82, 2.24) is 14.4 Å². The summed E-state index contributed by atoms with van der Waals surface area (Å²) in [5.41, 5.74) is 3.05. The molecule has 1 aromatic carbocycles. The lowest BCUT2D eigenvalue weighted by atomic mass is 10.1. The van der Waals surface area contributed by atoms with Gasteiger partial charge in [-0.25, -0.2) is 0 Å². The summed E-state index contributed by atoms with van der Waals surface area (Å²) in [5.74, 6) is 0.0315. The van der Waals surface area contributed by atoms with Crippen molar-refractivity contribution in [3.8, 4) is 6.07 Å². The number of rotatable bonds is 6. The number of carbonyl (C=O) groups is 2. The number of aryl methyl sites for hydroxylation is 2. The first-order chi connectivity index (χ1) is 16.1. The molecule has 33 heavy (non-hydrogen) atoms. The fourth-order valence-corrected chi connectivity index (χ4v) is 6.11. The highest BCUT2D eigenvalue weighted by Gasteiger charge is 2.44. The van der Waals surface area contributed by atoms with Crippen LogP contribution >= 0.6 is 0 Å². The minimum absolute atomic E-state index is 0.167. The van der Waals surface area contributed by atoms with Crippen LogP contribution in [0.15, 0.2) is 24.3 Å². The second-order valence-electron chi connectivity index (χ2n) is 9.50. The van der Waals surface area contributed by atoms with Crippen LogP contribution in [0.1, 0.15) is 56.7 Å². The number of hydrogen-bond donors (Lipinski definition) is 0. The molecule has 2 aromatic rings. The van der Waals surface area contributed by atoms with E-state index in [-0.39, 0.29) is 30.0 Å². The number of nitrogens with zero attached hydrogens (tertiary/aromatic N) is 4. The maximum Gasteiger partial charge on any atom is 0.323 e. The molecule has 0 aliphatic carbocycles. The summed E-state index contributed by atoms with van der Waals surface area (Å²) >= 11 is 0. The van der Waals surface area contributed by atoms with E-state index in [4.69, 9.17) is 4.74 Å². The zero-order chi connectivity index (χ0) is 22.9. The van der Waals surface area contributed by atoms with Crippen molar-refractivity contribution < 1.29 is 14.3 Å². The molecule has 7 heteroatoms. The fourth-order valence-electron chi connectivity index (χ4n) is 6.11. The number of aromatic nitrogens is 1. The molecule has 3 aliphatic rings. The minimum atomic E-state index is -0.249. The van der Waals surface area contributed by atoms with Crippen molar-refractivity contribution in [2.24, 2.45) is 0 Å². The Labute approximate surface area is 194 Å². The molecule has 3 saturated heterocycles. The number of ether oxygens (including phenoxy) is 1. The Hall–Kier alpha value is -2.85. The van der Waals surface area contributed by atoms with Crippen LogP contribution in [0.3, 0.4) is 0 Å². The van der Waals surface area contributed by atoms with E-state index >= 15 is 0 Å². The minimum Gasteiger partial charge on any atom is -0.464 e. The molecule has 3 atom stereocenters. The topological polar surface area (TPSA) is 78.6 Å². The molecule has 4 heterocycles. The van der Waals surface area contributed by atoms with Gasteiger partial charge in [-0.05, 0) is 75.6 Å². The summed E-state index contributed by atoms with van der Waals surface area (Å²) in [6, 6.07) is 10.1. The molecule has 0 N–H and O–H groups in total. The van der Waals surface area contributed by atoms with Gasteiger partial charge < -0.3 is 14.2 Å². The zero-order valence-corrected chi connectivity index (χ0v) is 19.3. The second kappa shape index (κ2) is 9.18. The third-order valence-electron chi connectivity index (χ3n) is 7.72. The number of nitriles is 1. The molecular weight excluding hydrogens is 416 g/mol. The lowest BCUT2D eigenvalue weighted by Crippen LogP contribution is -2.51. The molecule has 5 rings (SSSR count). The number of carbonyl (C=O) groups excluding carboxylic acids is 2. The third-order valence-corrected chi connectivity index (χ3v) is 7.72. The van der Waals surface area contributed by atoms with Crippen LogP contribution in [-0.4, -0.2) is 64.1 Å². The average molecular weight is 449 g/mol. The van der Waals surface area contributed by atoms with Gasteiger partial charge in [0.2, 0.25) is 5.91 Å². The third kappa shape index (κ3) is 4.02. The van der Waals surface area contributed by atoms with Crippen molar-refractivity contribution in [1.29, 1.82) is 5.26 Å². The van der Waals surface area contributed by atoms with Gasteiger partial charge in [-0.1, -0.05) is 6.07 Å². The summed E-state index contributed by atoms with van der Waals surface area (Å²) in [5, 5.41) is 10.4. The van der Waals surface area contributed by atoms with Crippen molar-refractivity contribution in [2.45, 2.75) is 76.5 Å². The first-order valence-corrected chi connectivity index (χ1v) is 12.4. The van der Waals surface area contributed by atoms with Gasteiger partial charge in [-0.15, -0.1) is 0 Å². The Kier molecular flexibility index (Phi) is 6.11. The van der Waals surface area contributed by atoms with Crippen LogP contribution in [0.25, 0.3) is 10.9 Å². The first kappa shape index (κ1) is 22.0. The fraction of sp³-hybridized carbons (Fsp3) is 0.577. The second-order valence-corrected chi connectivity index (χ2v) is 9.50. The number of hydrogen-bond acceptors (Lipinski definition) is 5. The number of amides is 1.